The molecule has 0 bridgehead atoms. The van der Waals surface area contributed by atoms with Crippen molar-refractivity contribution in [1.82, 2.24) is 20.7 Å². The lowest BCUT2D eigenvalue weighted by atomic mass is 9.98. The molecule has 25 heavy (non-hydrogen) atoms. The Balaban J connectivity index is 0.00000312. The molecule has 144 valence electrons. The number of aryl methyl sites for hydroxylation is 2. The monoisotopic (exact) mass is 463 g/mol. The third-order valence-electron chi connectivity index (χ3n) is 4.87. The summed E-state index contributed by atoms with van der Waals surface area (Å²) in [7, 11) is 1.82. The third-order valence-corrected chi connectivity index (χ3v) is 4.87. The second-order valence-electron chi connectivity index (χ2n) is 6.45. The molecule has 0 saturated carbocycles. The van der Waals surface area contributed by atoms with E-state index in [1.165, 1.54) is 31.5 Å². The molecule has 1 aliphatic heterocycles. The molecule has 0 aromatic carbocycles. The van der Waals surface area contributed by atoms with Crippen molar-refractivity contribution in [3.05, 3.63) is 17.0 Å². The maximum absolute atomic E-state index is 5.43. The molecule has 1 unspecified atom stereocenters. The molecule has 2 N–H and O–H groups in total. The van der Waals surface area contributed by atoms with Crippen LogP contribution in [0.2, 0.25) is 0 Å². The number of guanidine groups is 1. The Labute approximate surface area is 169 Å². The van der Waals surface area contributed by atoms with E-state index in [9.17, 15) is 0 Å². The van der Waals surface area contributed by atoms with Gasteiger partial charge in [-0.3, -0.25) is 4.99 Å². The number of hydrogen-bond acceptors (Lipinski definition) is 4. The predicted molar refractivity (Wildman–Crippen MR) is 114 cm³/mol. The standard InChI is InChI=1S/C18H33N5O.HI/c1-5-16-15(17(6-2)24-22-16)12-21-18(19-4)20-11-14-9-8-10-23(7-3)13-14;/h14H,5-13H2,1-4H3,(H2,19,20,21);1H. The van der Waals surface area contributed by atoms with Gasteiger partial charge in [0.05, 0.1) is 5.69 Å². The SMILES string of the molecule is CCc1noc(CC)c1CNC(=NC)NCC1CCCN(CC)C1.I. The summed E-state index contributed by atoms with van der Waals surface area (Å²) in [6.07, 6.45) is 4.35. The molecule has 1 saturated heterocycles. The minimum Gasteiger partial charge on any atom is -0.361 e. The highest BCUT2D eigenvalue weighted by atomic mass is 127. The van der Waals surface area contributed by atoms with Crippen LogP contribution in [-0.4, -0.2) is 49.2 Å². The lowest BCUT2D eigenvalue weighted by Crippen LogP contribution is -2.44. The van der Waals surface area contributed by atoms with Gasteiger partial charge < -0.3 is 20.1 Å². The van der Waals surface area contributed by atoms with Crippen LogP contribution in [-0.2, 0) is 19.4 Å². The number of rotatable bonds is 7. The fourth-order valence-electron chi connectivity index (χ4n) is 3.38. The van der Waals surface area contributed by atoms with Crippen LogP contribution in [0.15, 0.2) is 9.52 Å². The number of nitrogens with one attached hydrogen (secondary N) is 2. The number of aromatic nitrogens is 1. The summed E-state index contributed by atoms with van der Waals surface area (Å²) in [5.74, 6) is 2.53. The molecular formula is C18H34IN5O. The Morgan fingerprint density at radius 2 is 2.08 bits per heavy atom. The van der Waals surface area contributed by atoms with Crippen molar-refractivity contribution in [1.29, 1.82) is 0 Å². The molecule has 1 aromatic rings. The minimum atomic E-state index is 0. The van der Waals surface area contributed by atoms with E-state index in [1.807, 2.05) is 7.05 Å². The van der Waals surface area contributed by atoms with Crippen LogP contribution in [0.3, 0.4) is 0 Å². The van der Waals surface area contributed by atoms with Crippen molar-refractivity contribution < 1.29 is 4.52 Å². The largest absolute Gasteiger partial charge is 0.361 e. The third kappa shape index (κ3) is 6.44. The van der Waals surface area contributed by atoms with Gasteiger partial charge in [-0.2, -0.15) is 0 Å². The second-order valence-corrected chi connectivity index (χ2v) is 6.45. The van der Waals surface area contributed by atoms with Crippen LogP contribution in [0.1, 0.15) is 50.6 Å². The van der Waals surface area contributed by atoms with Crippen LogP contribution < -0.4 is 10.6 Å². The molecule has 6 nitrogen and oxygen atoms in total. The number of aliphatic imine (C=N–C) groups is 1. The number of piperidine rings is 1. The highest BCUT2D eigenvalue weighted by Crippen LogP contribution is 2.16. The van der Waals surface area contributed by atoms with Gasteiger partial charge in [0.25, 0.3) is 0 Å². The van der Waals surface area contributed by atoms with Crippen molar-refractivity contribution in [2.75, 3.05) is 33.2 Å². The zero-order valence-corrected chi connectivity index (χ0v) is 18.4. The summed E-state index contributed by atoms with van der Waals surface area (Å²) in [5, 5.41) is 11.1. The zero-order chi connectivity index (χ0) is 17.4. The Morgan fingerprint density at radius 3 is 2.72 bits per heavy atom. The molecule has 0 radical (unpaired) electrons. The second kappa shape index (κ2) is 11.7. The number of likely N-dealkylation sites (tertiary alicyclic amines) is 1. The first kappa shape index (κ1) is 22.2. The lowest BCUT2D eigenvalue weighted by Gasteiger charge is -2.32. The molecular weight excluding hydrogens is 429 g/mol. The van der Waals surface area contributed by atoms with Gasteiger partial charge in [0.1, 0.15) is 5.76 Å². The van der Waals surface area contributed by atoms with Gasteiger partial charge in [-0.25, -0.2) is 0 Å². The normalized spacial score (nSPS) is 18.7. The summed E-state index contributed by atoms with van der Waals surface area (Å²) in [6, 6.07) is 0. The maximum atomic E-state index is 5.43. The van der Waals surface area contributed by atoms with Crippen LogP contribution in [0.4, 0.5) is 0 Å². The molecule has 0 spiro atoms. The van der Waals surface area contributed by atoms with Crippen molar-refractivity contribution in [2.45, 2.75) is 53.0 Å². The van der Waals surface area contributed by atoms with E-state index in [0.717, 1.165) is 43.3 Å². The first-order chi connectivity index (χ1) is 11.7. The molecule has 1 fully saturated rings. The molecule has 1 aromatic heterocycles. The molecule has 0 amide bonds. The maximum Gasteiger partial charge on any atom is 0.191 e. The van der Waals surface area contributed by atoms with E-state index in [0.29, 0.717) is 12.5 Å². The minimum absolute atomic E-state index is 0. The van der Waals surface area contributed by atoms with Gasteiger partial charge in [-0.1, -0.05) is 25.9 Å². The van der Waals surface area contributed by atoms with Gasteiger partial charge >= 0.3 is 0 Å². The number of nitrogens with zero attached hydrogens (tertiary/aromatic N) is 3. The van der Waals surface area contributed by atoms with Gasteiger partial charge in [-0.15, -0.1) is 24.0 Å². The van der Waals surface area contributed by atoms with Crippen molar-refractivity contribution >= 4 is 29.9 Å². The molecule has 2 heterocycles. The van der Waals surface area contributed by atoms with Gasteiger partial charge in [-0.05, 0) is 38.3 Å². The molecule has 1 atom stereocenters. The lowest BCUT2D eigenvalue weighted by molar-refractivity contribution is 0.183. The first-order valence-corrected chi connectivity index (χ1v) is 9.34. The zero-order valence-electron chi connectivity index (χ0n) is 16.1. The predicted octanol–water partition coefficient (Wildman–Crippen LogP) is 2.81. The summed E-state index contributed by atoms with van der Waals surface area (Å²) in [5.41, 5.74) is 2.22. The van der Waals surface area contributed by atoms with E-state index in [1.54, 1.807) is 0 Å². The number of hydrogen-bond donors (Lipinski definition) is 2. The van der Waals surface area contributed by atoms with Crippen LogP contribution >= 0.6 is 24.0 Å². The average Bonchev–Trinajstić information content (AvgIpc) is 3.04. The fourth-order valence-corrected chi connectivity index (χ4v) is 3.38. The highest BCUT2D eigenvalue weighted by molar-refractivity contribution is 14.0. The topological polar surface area (TPSA) is 65.7 Å². The molecule has 1 aliphatic rings. The van der Waals surface area contributed by atoms with Crippen LogP contribution in [0.25, 0.3) is 0 Å². The number of halogens is 1. The average molecular weight is 463 g/mol. The summed E-state index contributed by atoms with van der Waals surface area (Å²) in [6.45, 7) is 11.7. The van der Waals surface area contributed by atoms with E-state index in [4.69, 9.17) is 4.52 Å². The van der Waals surface area contributed by atoms with E-state index >= 15 is 0 Å². The summed E-state index contributed by atoms with van der Waals surface area (Å²) < 4.78 is 5.43. The molecule has 7 heteroatoms. The first-order valence-electron chi connectivity index (χ1n) is 9.34. The van der Waals surface area contributed by atoms with Crippen molar-refractivity contribution in [3.63, 3.8) is 0 Å². The molecule has 2 rings (SSSR count). The quantitative estimate of drug-likeness (QED) is 0.370. The molecule has 0 aliphatic carbocycles. The Bertz CT molecular complexity index is 510. The van der Waals surface area contributed by atoms with Gasteiger partial charge in [0.2, 0.25) is 0 Å². The Kier molecular flexibility index (Phi) is 10.4. The van der Waals surface area contributed by atoms with E-state index < -0.39 is 0 Å². The highest BCUT2D eigenvalue weighted by Gasteiger charge is 2.19. The van der Waals surface area contributed by atoms with Gasteiger partial charge in [0, 0.05) is 38.7 Å². The van der Waals surface area contributed by atoms with Gasteiger partial charge in [0.15, 0.2) is 5.96 Å². The summed E-state index contributed by atoms with van der Waals surface area (Å²) >= 11 is 0. The van der Waals surface area contributed by atoms with Crippen LogP contribution in [0, 0.1) is 5.92 Å². The van der Waals surface area contributed by atoms with E-state index in [2.05, 4.69) is 46.5 Å². The smallest absolute Gasteiger partial charge is 0.191 e. The van der Waals surface area contributed by atoms with Crippen molar-refractivity contribution in [3.8, 4) is 0 Å². The van der Waals surface area contributed by atoms with E-state index in [-0.39, 0.29) is 24.0 Å². The van der Waals surface area contributed by atoms with Crippen molar-refractivity contribution in [2.24, 2.45) is 10.9 Å². The fraction of sp³-hybridized carbons (Fsp3) is 0.778. The van der Waals surface area contributed by atoms with Crippen LogP contribution in [0.5, 0.6) is 0 Å². The Hall–Kier alpha value is -0.830. The summed E-state index contributed by atoms with van der Waals surface area (Å²) in [4.78, 5) is 6.88. The Morgan fingerprint density at radius 1 is 1.28 bits per heavy atom.